The van der Waals surface area contributed by atoms with Crippen LogP contribution in [0.5, 0.6) is 0 Å². The zero-order valence-electron chi connectivity index (χ0n) is 34.3. The van der Waals surface area contributed by atoms with Crippen molar-refractivity contribution in [1.82, 2.24) is 0 Å². The Kier molecular flexibility index (Phi) is 20.4. The predicted octanol–water partition coefficient (Wildman–Crippen LogP) is -10.1. The summed E-state index contributed by atoms with van der Waals surface area (Å²) >= 11 is 0. The molecule has 5 fully saturated rings. The second kappa shape index (κ2) is 24.3. The van der Waals surface area contributed by atoms with Crippen LogP contribution in [0.15, 0.2) is 0 Å². The van der Waals surface area contributed by atoms with Gasteiger partial charge >= 0.3 is 0 Å². The molecule has 27 nitrogen and oxygen atoms in total. The van der Waals surface area contributed by atoms with Crippen LogP contribution >= 0.6 is 0 Å². The molecule has 0 radical (unpaired) electrons. The fourth-order valence-corrected chi connectivity index (χ4v) is 8.02. The first-order valence-corrected chi connectivity index (χ1v) is 20.7. The largest absolute Gasteiger partial charge is 0.394 e. The lowest BCUT2D eigenvalue weighted by molar-refractivity contribution is -0.395. The Bertz CT molecular complexity index is 1330. The average Bonchev–Trinajstić information content (AvgIpc) is 3.27. The van der Waals surface area contributed by atoms with Crippen molar-refractivity contribution in [3.63, 3.8) is 0 Å². The third-order valence-electron chi connectivity index (χ3n) is 11.7. The molecule has 16 unspecified atom stereocenters. The van der Waals surface area contributed by atoms with Crippen molar-refractivity contribution >= 4 is 0 Å². The Labute approximate surface area is 360 Å². The molecular formula is C36H65NO26. The number of aliphatic hydroxyl groups excluding tert-OH is 15. The average molecular weight is 928 g/mol. The monoisotopic (exact) mass is 927 g/mol. The molecular weight excluding hydrogens is 862 g/mol. The van der Waals surface area contributed by atoms with E-state index in [4.69, 9.17) is 57.8 Å². The molecule has 5 heterocycles. The molecule has 17 N–H and O–H groups in total. The van der Waals surface area contributed by atoms with E-state index in [0.717, 1.165) is 7.11 Å². The molecule has 0 spiro atoms. The van der Waals surface area contributed by atoms with E-state index in [-0.39, 0.29) is 6.61 Å². The first kappa shape index (κ1) is 52.9. The van der Waals surface area contributed by atoms with Crippen LogP contribution in [-0.4, -0.2) is 283 Å². The van der Waals surface area contributed by atoms with E-state index in [0.29, 0.717) is 25.8 Å². The maximum atomic E-state index is 11.5. The van der Waals surface area contributed by atoms with E-state index in [1.54, 1.807) is 0 Å². The van der Waals surface area contributed by atoms with Crippen LogP contribution < -0.4 is 5.73 Å². The Morgan fingerprint density at radius 3 is 0.921 bits per heavy atom. The number of hydrogen-bond acceptors (Lipinski definition) is 27. The molecule has 0 aromatic rings. The zero-order chi connectivity index (χ0) is 46.3. The van der Waals surface area contributed by atoms with Gasteiger partial charge in [0.15, 0.2) is 31.5 Å². The quantitative estimate of drug-likeness (QED) is 0.0504. The minimum absolute atomic E-state index is 0.0917. The molecule has 5 saturated heterocycles. The van der Waals surface area contributed by atoms with Crippen LogP contribution in [-0.2, 0) is 52.1 Å². The highest BCUT2D eigenvalue weighted by molar-refractivity contribution is 4.99. The summed E-state index contributed by atoms with van der Waals surface area (Å²) in [6.45, 7) is -3.78. The van der Waals surface area contributed by atoms with E-state index in [1.165, 1.54) is 0 Å². The van der Waals surface area contributed by atoms with Gasteiger partial charge in [-0.2, -0.15) is 0 Å². The summed E-state index contributed by atoms with van der Waals surface area (Å²) in [6, 6.07) is 0. The van der Waals surface area contributed by atoms with Crippen LogP contribution in [0.4, 0.5) is 0 Å². The van der Waals surface area contributed by atoms with E-state index in [1.807, 2.05) is 0 Å². The van der Waals surface area contributed by atoms with Crippen LogP contribution in [0.1, 0.15) is 19.3 Å². The molecule has 63 heavy (non-hydrogen) atoms. The van der Waals surface area contributed by atoms with Crippen LogP contribution in [0.3, 0.4) is 0 Å². The van der Waals surface area contributed by atoms with Crippen molar-refractivity contribution in [2.24, 2.45) is 5.73 Å². The Balaban J connectivity index is 1.32. The minimum atomic E-state index is -2.16. The molecule has 0 aromatic heterocycles. The molecule has 370 valence electrons. The van der Waals surface area contributed by atoms with Gasteiger partial charge in [0.1, 0.15) is 122 Å². The molecule has 5 aliphatic heterocycles. The number of ether oxygens (including phenoxy) is 11. The van der Waals surface area contributed by atoms with E-state index >= 15 is 0 Å². The SMILES string of the molecule is CO[C@@H]1C(O)[C@H](OC2C(O)C(CO)OC(O[C@@H]3C(O)[C@H](OC4C(O)C(CO)OC(O[C@@H]5C(O)[C@H](OCCCCCN)OC(CO)[C@@H]5O)C4O)OC(CO)[C@@H]3O)C2O)OC(CO)[C@@H]1O. The van der Waals surface area contributed by atoms with Crippen LogP contribution in [0.2, 0.25) is 0 Å². The standard InChI is InChI=1S/C36H65NO26/c1-53-27-17(43)12(7-38)56-33(22(27)48)61-29-19(45)14(9-40)58-35(24(29)50)63-31-21(47)16(11-42)59-36(26(31)52)62-30-20(46)15(10-41)57-34(25(30)51)60-28-18(44)13(8-39)55-32(23(28)49)54-6-4-2-3-5-37/h12-36,38-52H,2-11,37H2,1H3/t12?,13?,14?,15?,16?,17-,18-,19?,20?,21-,22?,23?,24?,25?,26?,27-,28-,29?,30?,31-,32+,33-,34?,35?,36-/m0/s1. The van der Waals surface area contributed by atoms with Crippen molar-refractivity contribution in [3.05, 3.63) is 0 Å². The van der Waals surface area contributed by atoms with Gasteiger partial charge in [0, 0.05) is 13.7 Å². The summed E-state index contributed by atoms with van der Waals surface area (Å²) < 4.78 is 61.5. The number of unbranched alkanes of at least 4 members (excludes halogenated alkanes) is 2. The first-order chi connectivity index (χ1) is 30.1. The lowest BCUT2D eigenvalue weighted by Gasteiger charge is -2.49. The van der Waals surface area contributed by atoms with Crippen molar-refractivity contribution in [2.45, 2.75) is 173 Å². The number of rotatable bonds is 20. The summed E-state index contributed by atoms with van der Waals surface area (Å²) in [7, 11) is 1.15. The molecule has 0 aliphatic carbocycles. The molecule has 0 saturated carbocycles. The Morgan fingerprint density at radius 1 is 0.365 bits per heavy atom. The third-order valence-corrected chi connectivity index (χ3v) is 11.7. The maximum Gasteiger partial charge on any atom is 0.187 e. The Hall–Kier alpha value is -1.08. The topological polar surface area (TPSA) is 431 Å². The number of hydrogen-bond donors (Lipinski definition) is 16. The lowest BCUT2D eigenvalue weighted by Crippen LogP contribution is -2.68. The van der Waals surface area contributed by atoms with Crippen LogP contribution in [0, 0.1) is 0 Å². The van der Waals surface area contributed by atoms with Crippen molar-refractivity contribution in [2.75, 3.05) is 53.3 Å². The fraction of sp³-hybridized carbons (Fsp3) is 1.00. The van der Waals surface area contributed by atoms with Crippen LogP contribution in [0.25, 0.3) is 0 Å². The summed E-state index contributed by atoms with van der Waals surface area (Å²) in [6.07, 6.45) is -42.4. The summed E-state index contributed by atoms with van der Waals surface area (Å²) in [5.74, 6) is 0. The second-order valence-corrected chi connectivity index (χ2v) is 15.9. The maximum absolute atomic E-state index is 11.5. The van der Waals surface area contributed by atoms with Gasteiger partial charge in [-0.3, -0.25) is 0 Å². The van der Waals surface area contributed by atoms with Gasteiger partial charge in [-0.15, -0.1) is 0 Å². The normalized spacial score (nSPS) is 48.6. The van der Waals surface area contributed by atoms with E-state index in [9.17, 15) is 76.6 Å². The molecule has 25 atom stereocenters. The second-order valence-electron chi connectivity index (χ2n) is 15.9. The van der Waals surface area contributed by atoms with Gasteiger partial charge in [0.25, 0.3) is 0 Å². The summed E-state index contributed by atoms with van der Waals surface area (Å²) in [4.78, 5) is 0. The molecule has 5 aliphatic rings. The lowest BCUT2D eigenvalue weighted by atomic mass is 9.95. The highest BCUT2D eigenvalue weighted by Gasteiger charge is 2.57. The van der Waals surface area contributed by atoms with Gasteiger partial charge in [-0.1, -0.05) is 0 Å². The highest BCUT2D eigenvalue weighted by atomic mass is 16.8. The van der Waals surface area contributed by atoms with Gasteiger partial charge in [0.05, 0.1) is 33.0 Å². The predicted molar refractivity (Wildman–Crippen MR) is 198 cm³/mol. The smallest absolute Gasteiger partial charge is 0.187 e. The van der Waals surface area contributed by atoms with Crippen molar-refractivity contribution in [1.29, 1.82) is 0 Å². The van der Waals surface area contributed by atoms with Gasteiger partial charge in [-0.05, 0) is 25.8 Å². The van der Waals surface area contributed by atoms with Crippen molar-refractivity contribution in [3.8, 4) is 0 Å². The number of nitrogens with two attached hydrogens (primary N) is 1. The third kappa shape index (κ3) is 11.8. The number of methoxy groups -OCH3 is 1. The van der Waals surface area contributed by atoms with Gasteiger partial charge in [-0.25, -0.2) is 0 Å². The van der Waals surface area contributed by atoms with Gasteiger partial charge < -0.3 is 134 Å². The van der Waals surface area contributed by atoms with Gasteiger partial charge in [0.2, 0.25) is 0 Å². The Morgan fingerprint density at radius 2 is 0.635 bits per heavy atom. The highest BCUT2D eigenvalue weighted by Crippen LogP contribution is 2.36. The summed E-state index contributed by atoms with van der Waals surface area (Å²) in [5.41, 5.74) is 5.52. The molecule has 27 heteroatoms. The molecule has 0 bridgehead atoms. The molecule has 0 amide bonds. The molecule has 5 rings (SSSR count). The van der Waals surface area contributed by atoms with Crippen molar-refractivity contribution < 1.29 is 129 Å². The van der Waals surface area contributed by atoms with E-state index < -0.39 is 187 Å². The minimum Gasteiger partial charge on any atom is -0.394 e. The first-order valence-electron chi connectivity index (χ1n) is 20.7. The number of aliphatic hydroxyl groups is 15. The fourth-order valence-electron chi connectivity index (χ4n) is 8.02. The van der Waals surface area contributed by atoms with E-state index in [2.05, 4.69) is 0 Å². The molecule has 0 aromatic carbocycles. The zero-order valence-corrected chi connectivity index (χ0v) is 34.3. The summed E-state index contributed by atoms with van der Waals surface area (Å²) in [5, 5.41) is 161.